The number of hydrogen-bond donors (Lipinski definition) is 0. The molecule has 5 heteroatoms. The molecule has 4 nitrogen and oxygen atoms in total. The van der Waals surface area contributed by atoms with Crippen molar-refractivity contribution in [2.24, 2.45) is 0 Å². The zero-order valence-corrected chi connectivity index (χ0v) is 15.7. The lowest BCUT2D eigenvalue weighted by atomic mass is 9.91. The van der Waals surface area contributed by atoms with Crippen LogP contribution < -0.4 is 0 Å². The van der Waals surface area contributed by atoms with Crippen molar-refractivity contribution in [1.29, 1.82) is 0 Å². The Morgan fingerprint density at radius 3 is 2.75 bits per heavy atom. The molecule has 0 bridgehead atoms. The van der Waals surface area contributed by atoms with Gasteiger partial charge in [-0.2, -0.15) is 0 Å². The number of carbonyl (C=O) groups is 1. The molecular formula is C19H28N2O2S. The first kappa shape index (κ1) is 17.8. The van der Waals surface area contributed by atoms with Crippen molar-refractivity contribution in [3.63, 3.8) is 0 Å². The Hall–Kier alpha value is -1.04. The molecule has 2 saturated heterocycles. The first-order valence-electron chi connectivity index (χ1n) is 8.89. The summed E-state index contributed by atoms with van der Waals surface area (Å²) in [5.41, 5.74) is 2.87. The fraction of sp³-hybridized carbons (Fsp3) is 0.632. The minimum Gasteiger partial charge on any atom is -0.466 e. The summed E-state index contributed by atoms with van der Waals surface area (Å²) in [6, 6.07) is 9.54. The van der Waals surface area contributed by atoms with E-state index in [-0.39, 0.29) is 5.97 Å². The van der Waals surface area contributed by atoms with Crippen LogP contribution in [0.15, 0.2) is 24.3 Å². The number of cyclic esters (lactones) is 1. The molecule has 24 heavy (non-hydrogen) atoms. The molecule has 0 amide bonds. The summed E-state index contributed by atoms with van der Waals surface area (Å²) >= 11 is 1.83. The smallest absolute Gasteiger partial charge is 0.307 e. The van der Waals surface area contributed by atoms with Gasteiger partial charge in [-0.25, -0.2) is 4.31 Å². The minimum absolute atomic E-state index is 0.0438. The molecular weight excluding hydrogens is 320 g/mol. The fourth-order valence-corrected chi connectivity index (χ4v) is 4.60. The van der Waals surface area contributed by atoms with Crippen LogP contribution in [0.5, 0.6) is 0 Å². The van der Waals surface area contributed by atoms with E-state index in [0.717, 1.165) is 26.1 Å². The van der Waals surface area contributed by atoms with Crippen LogP contribution in [0.4, 0.5) is 0 Å². The van der Waals surface area contributed by atoms with Crippen molar-refractivity contribution in [2.45, 2.75) is 44.7 Å². The summed E-state index contributed by atoms with van der Waals surface area (Å²) in [4.78, 5) is 14.2. The maximum atomic E-state index is 11.7. The molecule has 0 aliphatic carbocycles. The number of piperazine rings is 1. The predicted octanol–water partition coefficient (Wildman–Crippen LogP) is 3.45. The van der Waals surface area contributed by atoms with Crippen LogP contribution >= 0.6 is 11.9 Å². The van der Waals surface area contributed by atoms with Crippen LogP contribution in [0.3, 0.4) is 0 Å². The van der Waals surface area contributed by atoms with E-state index in [4.69, 9.17) is 4.74 Å². The van der Waals surface area contributed by atoms with Gasteiger partial charge >= 0.3 is 5.97 Å². The lowest BCUT2D eigenvalue weighted by Crippen LogP contribution is -2.51. The van der Waals surface area contributed by atoms with Crippen molar-refractivity contribution >= 4 is 17.9 Å². The van der Waals surface area contributed by atoms with Crippen molar-refractivity contribution in [1.82, 2.24) is 9.21 Å². The zero-order chi connectivity index (χ0) is 17.1. The second-order valence-electron chi connectivity index (χ2n) is 6.98. The Labute approximate surface area is 149 Å². The van der Waals surface area contributed by atoms with E-state index >= 15 is 0 Å². The fourth-order valence-electron chi connectivity index (χ4n) is 3.90. The van der Waals surface area contributed by atoms with E-state index in [1.165, 1.54) is 11.1 Å². The molecule has 0 aromatic heterocycles. The average molecular weight is 349 g/mol. The first-order chi connectivity index (χ1) is 11.6. The maximum absolute atomic E-state index is 11.7. The van der Waals surface area contributed by atoms with Gasteiger partial charge in [0.2, 0.25) is 0 Å². The number of carbonyl (C=O) groups excluding carboxylic acids is 1. The van der Waals surface area contributed by atoms with E-state index in [1.54, 1.807) is 0 Å². The Morgan fingerprint density at radius 1 is 1.25 bits per heavy atom. The van der Waals surface area contributed by atoms with Gasteiger partial charge in [0.15, 0.2) is 0 Å². The lowest BCUT2D eigenvalue weighted by molar-refractivity contribution is -0.150. The number of ether oxygens (including phenoxy) is 1. The van der Waals surface area contributed by atoms with Crippen LogP contribution in [0.2, 0.25) is 0 Å². The van der Waals surface area contributed by atoms with E-state index < -0.39 is 0 Å². The van der Waals surface area contributed by atoms with E-state index in [0.29, 0.717) is 31.0 Å². The monoisotopic (exact) mass is 348 g/mol. The summed E-state index contributed by atoms with van der Waals surface area (Å²) in [6.45, 7) is 8.14. The molecule has 2 aliphatic rings. The van der Waals surface area contributed by atoms with E-state index in [9.17, 15) is 4.79 Å². The van der Waals surface area contributed by atoms with Gasteiger partial charge in [0.05, 0.1) is 19.1 Å². The molecule has 0 spiro atoms. The molecule has 2 unspecified atom stereocenters. The van der Waals surface area contributed by atoms with Crippen molar-refractivity contribution < 1.29 is 9.53 Å². The molecule has 2 atom stereocenters. The third-order valence-corrected chi connectivity index (χ3v) is 6.11. The van der Waals surface area contributed by atoms with E-state index in [1.807, 2.05) is 11.9 Å². The van der Waals surface area contributed by atoms with Crippen LogP contribution in [0.1, 0.15) is 49.8 Å². The highest BCUT2D eigenvalue weighted by molar-refractivity contribution is 7.96. The number of benzene rings is 1. The van der Waals surface area contributed by atoms with Crippen molar-refractivity contribution in [3.05, 3.63) is 35.4 Å². The van der Waals surface area contributed by atoms with Crippen LogP contribution in [0, 0.1) is 0 Å². The SMILES string of the molecule is CSN1CCN(C2CCOC(=O)C2)CC1c1ccccc1C(C)C. The van der Waals surface area contributed by atoms with Crippen molar-refractivity contribution in [2.75, 3.05) is 32.5 Å². The summed E-state index contributed by atoms with van der Waals surface area (Å²) < 4.78 is 7.62. The number of esters is 1. The quantitative estimate of drug-likeness (QED) is 0.615. The molecule has 3 rings (SSSR count). The topological polar surface area (TPSA) is 32.8 Å². The highest BCUT2D eigenvalue weighted by Crippen LogP contribution is 2.35. The summed E-state index contributed by atoms with van der Waals surface area (Å²) in [5.74, 6) is 0.475. The second-order valence-corrected chi connectivity index (χ2v) is 7.82. The number of nitrogens with zero attached hydrogens (tertiary/aromatic N) is 2. The summed E-state index contributed by atoms with van der Waals surface area (Å²) in [6.07, 6.45) is 3.67. The Bertz CT molecular complexity index is 578. The molecule has 0 N–H and O–H groups in total. The summed E-state index contributed by atoms with van der Waals surface area (Å²) in [7, 11) is 0. The lowest BCUT2D eigenvalue weighted by Gasteiger charge is -2.44. The predicted molar refractivity (Wildman–Crippen MR) is 99.0 cm³/mol. The molecule has 2 fully saturated rings. The van der Waals surface area contributed by atoms with Gasteiger partial charge in [0, 0.05) is 25.7 Å². The van der Waals surface area contributed by atoms with Crippen LogP contribution in [0.25, 0.3) is 0 Å². The molecule has 0 radical (unpaired) electrons. The minimum atomic E-state index is -0.0438. The standard InChI is InChI=1S/C19H28N2O2S/c1-14(2)16-6-4-5-7-17(16)18-13-20(9-10-21(18)24-3)15-8-11-23-19(22)12-15/h4-7,14-15,18H,8-13H2,1-3H3. The largest absolute Gasteiger partial charge is 0.466 e. The third kappa shape index (κ3) is 3.79. The van der Waals surface area contributed by atoms with Gasteiger partial charge in [-0.1, -0.05) is 50.1 Å². The maximum Gasteiger partial charge on any atom is 0.307 e. The first-order valence-corrected chi connectivity index (χ1v) is 10.1. The van der Waals surface area contributed by atoms with Gasteiger partial charge in [0.1, 0.15) is 0 Å². The Balaban J connectivity index is 1.83. The molecule has 1 aromatic rings. The van der Waals surface area contributed by atoms with Crippen LogP contribution in [-0.2, 0) is 9.53 Å². The van der Waals surface area contributed by atoms with Gasteiger partial charge in [0.25, 0.3) is 0 Å². The summed E-state index contributed by atoms with van der Waals surface area (Å²) in [5, 5.41) is 0. The zero-order valence-electron chi connectivity index (χ0n) is 14.9. The average Bonchev–Trinajstić information content (AvgIpc) is 2.61. The number of hydrogen-bond acceptors (Lipinski definition) is 5. The van der Waals surface area contributed by atoms with E-state index in [2.05, 4.69) is 53.6 Å². The molecule has 2 aliphatic heterocycles. The van der Waals surface area contributed by atoms with Crippen molar-refractivity contribution in [3.8, 4) is 0 Å². The highest BCUT2D eigenvalue weighted by Gasteiger charge is 2.35. The molecule has 2 heterocycles. The second kappa shape index (κ2) is 7.89. The molecule has 1 aromatic carbocycles. The molecule has 0 saturated carbocycles. The van der Waals surface area contributed by atoms with Gasteiger partial charge < -0.3 is 4.74 Å². The Kier molecular flexibility index (Phi) is 5.85. The van der Waals surface area contributed by atoms with Crippen LogP contribution in [-0.4, -0.2) is 53.7 Å². The van der Waals surface area contributed by atoms with Gasteiger partial charge in [-0.3, -0.25) is 9.69 Å². The third-order valence-electron chi connectivity index (χ3n) is 5.21. The normalized spacial score (nSPS) is 26.6. The highest BCUT2D eigenvalue weighted by atomic mass is 32.2. The van der Waals surface area contributed by atoms with Gasteiger partial charge in [-0.15, -0.1) is 0 Å². The van der Waals surface area contributed by atoms with Gasteiger partial charge in [-0.05, 0) is 29.7 Å². The molecule has 132 valence electrons. The Morgan fingerprint density at radius 2 is 2.04 bits per heavy atom. The number of rotatable bonds is 4.